The van der Waals surface area contributed by atoms with Crippen LogP contribution in [-0.4, -0.2) is 34.7 Å². The molecule has 4 bridgehead atoms. The van der Waals surface area contributed by atoms with Crippen LogP contribution >= 0.6 is 0 Å². The minimum absolute atomic E-state index is 0.303. The minimum Gasteiger partial charge on any atom is -0.456 e. The number of esters is 3. The molecule has 4 aliphatic rings. The molecule has 0 aromatic heterocycles. The lowest BCUT2D eigenvalue weighted by molar-refractivity contribution is -0.297. The molecule has 2 atom stereocenters. The molecule has 0 N–H and O–H groups in total. The first-order valence-corrected chi connectivity index (χ1v) is 12.5. The van der Waals surface area contributed by atoms with Gasteiger partial charge < -0.3 is 14.2 Å². The quantitative estimate of drug-likeness (QED) is 0.231. The Labute approximate surface area is 210 Å². The number of carbonyl (C=O) groups is 3. The van der Waals surface area contributed by atoms with E-state index in [0.29, 0.717) is 11.5 Å². The van der Waals surface area contributed by atoms with E-state index in [1.807, 2.05) is 41.5 Å². The summed E-state index contributed by atoms with van der Waals surface area (Å²) in [7, 11) is 0. The Bertz CT molecular complexity index is 918. The molecule has 0 saturated heterocycles. The third-order valence-corrected chi connectivity index (χ3v) is 9.64. The van der Waals surface area contributed by atoms with Crippen molar-refractivity contribution in [1.82, 2.24) is 0 Å². The van der Waals surface area contributed by atoms with Gasteiger partial charge in [0.25, 0.3) is 0 Å². The maximum Gasteiger partial charge on any atom is 0.333 e. The van der Waals surface area contributed by atoms with Crippen LogP contribution in [0.15, 0.2) is 37.5 Å². The monoisotopic (exact) mass is 486 g/mol. The highest BCUT2D eigenvalue weighted by Crippen LogP contribution is 2.77. The van der Waals surface area contributed by atoms with Gasteiger partial charge in [-0.2, -0.15) is 0 Å². The third-order valence-electron chi connectivity index (χ3n) is 9.64. The van der Waals surface area contributed by atoms with Gasteiger partial charge in [0, 0.05) is 34.0 Å². The van der Waals surface area contributed by atoms with Crippen molar-refractivity contribution in [2.24, 2.45) is 22.2 Å². The molecule has 4 fully saturated rings. The van der Waals surface area contributed by atoms with Crippen molar-refractivity contribution >= 4 is 17.9 Å². The second kappa shape index (κ2) is 8.35. The Morgan fingerprint density at radius 1 is 0.714 bits per heavy atom. The minimum atomic E-state index is -0.809. The van der Waals surface area contributed by atoms with Crippen molar-refractivity contribution < 1.29 is 28.6 Å². The van der Waals surface area contributed by atoms with E-state index in [1.54, 1.807) is 6.92 Å². The summed E-state index contributed by atoms with van der Waals surface area (Å²) in [6.45, 7) is 24.4. The predicted molar refractivity (Wildman–Crippen MR) is 134 cm³/mol. The summed E-state index contributed by atoms with van der Waals surface area (Å²) in [6.07, 6.45) is 7.27. The topological polar surface area (TPSA) is 78.9 Å². The summed E-state index contributed by atoms with van der Waals surface area (Å²) in [5.74, 6) is -1.03. The lowest BCUT2D eigenvalue weighted by Crippen LogP contribution is -2.71. The van der Waals surface area contributed by atoms with Crippen molar-refractivity contribution in [2.45, 2.75) is 104 Å². The molecular weight excluding hydrogens is 444 g/mol. The fourth-order valence-corrected chi connectivity index (χ4v) is 7.68. The van der Waals surface area contributed by atoms with Gasteiger partial charge in [0.05, 0.1) is 0 Å². The molecule has 2 unspecified atom stereocenters. The van der Waals surface area contributed by atoms with E-state index in [-0.39, 0.29) is 0 Å². The van der Waals surface area contributed by atoms with E-state index >= 15 is 0 Å². The van der Waals surface area contributed by atoms with E-state index in [2.05, 4.69) is 19.7 Å². The first-order valence-electron chi connectivity index (χ1n) is 12.5. The zero-order chi connectivity index (χ0) is 26.7. The fourth-order valence-electron chi connectivity index (χ4n) is 7.68. The van der Waals surface area contributed by atoms with Crippen LogP contribution in [0.25, 0.3) is 0 Å². The summed E-state index contributed by atoms with van der Waals surface area (Å²) in [5.41, 5.74) is -3.25. The van der Waals surface area contributed by atoms with Crippen LogP contribution in [0.5, 0.6) is 0 Å². The van der Waals surface area contributed by atoms with Crippen LogP contribution in [0.1, 0.15) is 87.0 Å². The Balaban J connectivity index is 2.17. The predicted octanol–water partition coefficient (Wildman–Crippen LogP) is 5.86. The largest absolute Gasteiger partial charge is 0.456 e. The molecule has 0 aromatic carbocycles. The fraction of sp³-hybridized carbons (Fsp3) is 0.690. The van der Waals surface area contributed by atoms with Crippen LogP contribution in [0.3, 0.4) is 0 Å². The van der Waals surface area contributed by atoms with Crippen LogP contribution in [0.2, 0.25) is 0 Å². The average Bonchev–Trinajstić information content (AvgIpc) is 2.71. The Hall–Kier alpha value is -2.37. The first-order chi connectivity index (χ1) is 15.9. The van der Waals surface area contributed by atoms with Gasteiger partial charge in [-0.1, -0.05) is 19.7 Å². The van der Waals surface area contributed by atoms with Crippen molar-refractivity contribution in [3.63, 3.8) is 0 Å². The van der Waals surface area contributed by atoms with Crippen LogP contribution in [0.4, 0.5) is 0 Å². The van der Waals surface area contributed by atoms with E-state index in [4.69, 9.17) is 14.2 Å². The molecule has 35 heavy (non-hydrogen) atoms. The molecule has 0 heterocycles. The highest BCUT2D eigenvalue weighted by molar-refractivity contribution is 5.87. The third kappa shape index (κ3) is 4.27. The van der Waals surface area contributed by atoms with E-state index < -0.39 is 51.0 Å². The first kappa shape index (κ1) is 27.2. The van der Waals surface area contributed by atoms with Crippen LogP contribution in [0, 0.1) is 22.2 Å². The van der Waals surface area contributed by atoms with Gasteiger partial charge >= 0.3 is 17.9 Å². The van der Waals surface area contributed by atoms with Crippen LogP contribution in [-0.2, 0) is 28.6 Å². The standard InChI is InChI=1S/C29H42O6/c1-11-21(30)33-24(5,6)27-13-20-14-28(16-27,25(7,8)34-22(31)12-2)18-29(15-20,17-27)26(9,10)35-23(32)19(3)4/h11-12,20H,1-3,13-18H2,4-10H3. The molecule has 0 aliphatic heterocycles. The highest BCUT2D eigenvalue weighted by atomic mass is 16.6. The van der Waals surface area contributed by atoms with Gasteiger partial charge in [-0.25, -0.2) is 14.4 Å². The number of hydrogen-bond acceptors (Lipinski definition) is 6. The highest BCUT2D eigenvalue weighted by Gasteiger charge is 2.74. The lowest BCUT2D eigenvalue weighted by atomic mass is 9.33. The molecule has 0 aromatic rings. The summed E-state index contributed by atoms with van der Waals surface area (Å²) in [4.78, 5) is 37.4. The van der Waals surface area contributed by atoms with E-state index in [1.165, 1.54) is 12.2 Å². The Morgan fingerprint density at radius 3 is 1.31 bits per heavy atom. The molecule has 0 amide bonds. The Morgan fingerprint density at radius 2 is 1.03 bits per heavy atom. The number of carbonyl (C=O) groups excluding carboxylic acids is 3. The Kier molecular flexibility index (Phi) is 6.49. The molecule has 4 aliphatic carbocycles. The van der Waals surface area contributed by atoms with Gasteiger partial charge in [0.1, 0.15) is 16.8 Å². The van der Waals surface area contributed by atoms with Crippen molar-refractivity contribution in [2.75, 3.05) is 0 Å². The van der Waals surface area contributed by atoms with Gasteiger partial charge in [-0.15, -0.1) is 0 Å². The zero-order valence-electron chi connectivity index (χ0n) is 22.5. The lowest BCUT2D eigenvalue weighted by Gasteiger charge is -2.73. The maximum atomic E-state index is 12.7. The summed E-state index contributed by atoms with van der Waals surface area (Å²) in [5, 5.41) is 0. The van der Waals surface area contributed by atoms with Gasteiger partial charge in [0.2, 0.25) is 0 Å². The van der Waals surface area contributed by atoms with Crippen molar-refractivity contribution in [3.8, 4) is 0 Å². The second-order valence-corrected chi connectivity index (χ2v) is 12.8. The SMILES string of the molecule is C=CC(=O)OC(C)(C)C12CC3CC(C(C)(C)OC(=O)C=C)(C1)CC(C(C)(C)OC(=O)C(=C)C)(C3)C2. The van der Waals surface area contributed by atoms with Gasteiger partial charge in [-0.05, 0) is 92.9 Å². The molecule has 4 rings (SSSR count). The van der Waals surface area contributed by atoms with E-state index in [9.17, 15) is 14.4 Å². The number of rotatable bonds is 9. The molecule has 6 nitrogen and oxygen atoms in total. The number of hydrogen-bond donors (Lipinski definition) is 0. The molecule has 0 radical (unpaired) electrons. The molecular formula is C29H42O6. The summed E-state index contributed by atoms with van der Waals surface area (Å²) >= 11 is 0. The van der Waals surface area contributed by atoms with Gasteiger partial charge in [-0.3, -0.25) is 0 Å². The van der Waals surface area contributed by atoms with Gasteiger partial charge in [0.15, 0.2) is 0 Å². The zero-order valence-corrected chi connectivity index (χ0v) is 22.5. The normalized spacial score (nSPS) is 31.9. The van der Waals surface area contributed by atoms with E-state index in [0.717, 1.165) is 38.5 Å². The molecule has 6 heteroatoms. The average molecular weight is 487 g/mol. The van der Waals surface area contributed by atoms with Crippen LogP contribution < -0.4 is 0 Å². The molecule has 4 saturated carbocycles. The second-order valence-electron chi connectivity index (χ2n) is 12.8. The summed E-state index contributed by atoms with van der Waals surface area (Å²) in [6, 6.07) is 0. The molecule has 194 valence electrons. The summed E-state index contributed by atoms with van der Waals surface area (Å²) < 4.78 is 18.1. The van der Waals surface area contributed by atoms with Crippen molar-refractivity contribution in [1.29, 1.82) is 0 Å². The smallest absolute Gasteiger partial charge is 0.333 e. The maximum absolute atomic E-state index is 12.7. The molecule has 0 spiro atoms. The number of ether oxygens (including phenoxy) is 3. The van der Waals surface area contributed by atoms with Crippen molar-refractivity contribution in [3.05, 3.63) is 37.5 Å².